The van der Waals surface area contributed by atoms with Crippen molar-refractivity contribution in [3.63, 3.8) is 0 Å². The Morgan fingerprint density at radius 2 is 2.00 bits per heavy atom. The highest BCUT2D eigenvalue weighted by molar-refractivity contribution is 5.52. The Bertz CT molecular complexity index is 798. The van der Waals surface area contributed by atoms with Crippen LogP contribution in [0.2, 0.25) is 0 Å². The van der Waals surface area contributed by atoms with Gasteiger partial charge in [0.15, 0.2) is 5.82 Å². The zero-order chi connectivity index (χ0) is 17.0. The summed E-state index contributed by atoms with van der Waals surface area (Å²) in [6, 6.07) is 6.77. The Hall–Kier alpha value is -1.92. The molecular weight excluding hydrogens is 312 g/mol. The third-order valence-corrected chi connectivity index (χ3v) is 5.82. The van der Waals surface area contributed by atoms with E-state index in [1.807, 2.05) is 0 Å². The molecular formula is C19H26N6. The van der Waals surface area contributed by atoms with Gasteiger partial charge in [-0.05, 0) is 31.5 Å². The van der Waals surface area contributed by atoms with Gasteiger partial charge in [0.2, 0.25) is 5.95 Å². The van der Waals surface area contributed by atoms with Crippen LogP contribution in [0.3, 0.4) is 0 Å². The van der Waals surface area contributed by atoms with E-state index in [4.69, 9.17) is 0 Å². The number of hydrogen-bond acceptors (Lipinski definition) is 5. The maximum absolute atomic E-state index is 4.59. The number of aromatic nitrogens is 3. The minimum atomic E-state index is 0.488. The van der Waals surface area contributed by atoms with Crippen LogP contribution in [0.1, 0.15) is 30.3 Å². The van der Waals surface area contributed by atoms with Crippen molar-refractivity contribution in [2.45, 2.75) is 33.4 Å². The van der Waals surface area contributed by atoms with Crippen LogP contribution in [0.25, 0.3) is 5.69 Å². The molecule has 132 valence electrons. The molecule has 0 saturated carbocycles. The molecule has 3 aliphatic heterocycles. The molecule has 4 heterocycles. The molecule has 2 fully saturated rings. The minimum absolute atomic E-state index is 0.488. The molecule has 2 saturated heterocycles. The zero-order valence-electron chi connectivity index (χ0n) is 15.1. The summed E-state index contributed by atoms with van der Waals surface area (Å²) in [5.41, 5.74) is 4.44. The maximum atomic E-state index is 4.59. The average molecular weight is 338 g/mol. The maximum Gasteiger partial charge on any atom is 0.231 e. The summed E-state index contributed by atoms with van der Waals surface area (Å²) in [6.07, 6.45) is 1.16. The second kappa shape index (κ2) is 5.54. The van der Waals surface area contributed by atoms with Gasteiger partial charge in [-0.3, -0.25) is 9.47 Å². The number of fused-ring (bicyclic) bond motifs is 3. The normalized spacial score (nSPS) is 21.3. The summed E-state index contributed by atoms with van der Waals surface area (Å²) in [4.78, 5) is 4.89. The predicted molar refractivity (Wildman–Crippen MR) is 98.0 cm³/mol. The van der Waals surface area contributed by atoms with Gasteiger partial charge in [-0.2, -0.15) is 0 Å². The van der Waals surface area contributed by atoms with E-state index in [1.54, 1.807) is 0 Å². The van der Waals surface area contributed by atoms with Crippen molar-refractivity contribution in [3.05, 3.63) is 35.2 Å². The molecule has 25 heavy (non-hydrogen) atoms. The van der Waals surface area contributed by atoms with E-state index in [0.717, 1.165) is 64.0 Å². The van der Waals surface area contributed by atoms with E-state index in [2.05, 4.69) is 61.9 Å². The van der Waals surface area contributed by atoms with E-state index in [0.29, 0.717) is 5.41 Å². The molecule has 1 N–H and O–H groups in total. The number of rotatable bonds is 3. The number of aryl methyl sites for hydroxylation is 1. The number of benzene rings is 1. The summed E-state index contributed by atoms with van der Waals surface area (Å²) >= 11 is 0. The van der Waals surface area contributed by atoms with Gasteiger partial charge >= 0.3 is 0 Å². The molecule has 1 spiro atoms. The standard InChI is InChI=1S/C19H26N6/c1-3-6-23-8-15-7-14(2)4-5-16(15)25-17(9-23)21-22-18(25)24-12-19(13-24)10-20-11-19/h4-5,7,20H,3,6,8-13H2,1-2H3. The first-order valence-electron chi connectivity index (χ1n) is 9.40. The molecule has 0 radical (unpaired) electrons. The van der Waals surface area contributed by atoms with Gasteiger partial charge in [0.25, 0.3) is 0 Å². The smallest absolute Gasteiger partial charge is 0.231 e. The van der Waals surface area contributed by atoms with Crippen molar-refractivity contribution >= 4 is 5.95 Å². The molecule has 0 aliphatic carbocycles. The predicted octanol–water partition coefficient (Wildman–Crippen LogP) is 1.71. The van der Waals surface area contributed by atoms with Gasteiger partial charge in [-0.15, -0.1) is 10.2 Å². The van der Waals surface area contributed by atoms with Crippen molar-refractivity contribution in [1.29, 1.82) is 0 Å². The SMILES string of the molecule is CCCN1Cc2cc(C)ccc2-n2c(nnc2N2CC3(CNC3)C2)C1. The van der Waals surface area contributed by atoms with Crippen LogP contribution < -0.4 is 10.2 Å². The molecule has 0 amide bonds. The number of anilines is 1. The lowest BCUT2D eigenvalue weighted by atomic mass is 9.75. The first-order valence-corrected chi connectivity index (χ1v) is 9.40. The lowest BCUT2D eigenvalue weighted by Crippen LogP contribution is -2.71. The molecule has 0 bridgehead atoms. The third-order valence-electron chi connectivity index (χ3n) is 5.82. The van der Waals surface area contributed by atoms with Crippen molar-refractivity contribution in [2.24, 2.45) is 5.41 Å². The van der Waals surface area contributed by atoms with E-state index in [1.165, 1.54) is 16.8 Å². The molecule has 6 heteroatoms. The lowest BCUT2D eigenvalue weighted by molar-refractivity contribution is 0.119. The first-order chi connectivity index (χ1) is 12.2. The van der Waals surface area contributed by atoms with Crippen LogP contribution in [0.4, 0.5) is 5.95 Å². The van der Waals surface area contributed by atoms with E-state index >= 15 is 0 Å². The van der Waals surface area contributed by atoms with Crippen molar-refractivity contribution < 1.29 is 0 Å². The fourth-order valence-electron chi connectivity index (χ4n) is 4.50. The Labute approximate surface area is 148 Å². The largest absolute Gasteiger partial charge is 0.339 e. The van der Waals surface area contributed by atoms with Gasteiger partial charge in [0, 0.05) is 38.1 Å². The van der Waals surface area contributed by atoms with Crippen molar-refractivity contribution in [3.8, 4) is 5.69 Å². The van der Waals surface area contributed by atoms with Gasteiger partial charge in [0.1, 0.15) is 0 Å². The monoisotopic (exact) mass is 338 g/mol. The fraction of sp³-hybridized carbons (Fsp3) is 0.579. The lowest BCUT2D eigenvalue weighted by Gasteiger charge is -2.56. The Morgan fingerprint density at radius 3 is 2.72 bits per heavy atom. The molecule has 5 rings (SSSR count). The van der Waals surface area contributed by atoms with E-state index < -0.39 is 0 Å². The van der Waals surface area contributed by atoms with Gasteiger partial charge < -0.3 is 10.2 Å². The van der Waals surface area contributed by atoms with Crippen LogP contribution >= 0.6 is 0 Å². The first kappa shape index (κ1) is 15.3. The minimum Gasteiger partial charge on any atom is -0.339 e. The third kappa shape index (κ3) is 2.39. The van der Waals surface area contributed by atoms with Gasteiger partial charge in [-0.25, -0.2) is 0 Å². The van der Waals surface area contributed by atoms with E-state index in [9.17, 15) is 0 Å². The average Bonchev–Trinajstić information content (AvgIpc) is 2.82. The summed E-state index contributed by atoms with van der Waals surface area (Å²) in [6.45, 7) is 11.8. The summed E-state index contributed by atoms with van der Waals surface area (Å²) in [7, 11) is 0. The Balaban J connectivity index is 1.55. The highest BCUT2D eigenvalue weighted by Gasteiger charge is 2.49. The highest BCUT2D eigenvalue weighted by Crippen LogP contribution is 2.38. The van der Waals surface area contributed by atoms with E-state index in [-0.39, 0.29) is 0 Å². The summed E-state index contributed by atoms with van der Waals surface area (Å²) in [5, 5.41) is 12.6. The quantitative estimate of drug-likeness (QED) is 0.923. The summed E-state index contributed by atoms with van der Waals surface area (Å²) in [5.74, 6) is 2.09. The Morgan fingerprint density at radius 1 is 1.16 bits per heavy atom. The molecule has 6 nitrogen and oxygen atoms in total. The second-order valence-corrected chi connectivity index (χ2v) is 8.05. The topological polar surface area (TPSA) is 49.2 Å². The molecule has 1 aromatic heterocycles. The number of hydrogen-bond donors (Lipinski definition) is 1. The fourth-order valence-corrected chi connectivity index (χ4v) is 4.50. The molecule has 1 aromatic carbocycles. The molecule has 0 atom stereocenters. The van der Waals surface area contributed by atoms with Crippen LogP contribution in [0.5, 0.6) is 0 Å². The van der Waals surface area contributed by atoms with Crippen LogP contribution in [-0.4, -0.2) is 52.4 Å². The summed E-state index contributed by atoms with van der Waals surface area (Å²) < 4.78 is 2.31. The zero-order valence-corrected chi connectivity index (χ0v) is 15.1. The van der Waals surface area contributed by atoms with Gasteiger partial charge in [0.05, 0.1) is 12.2 Å². The highest BCUT2D eigenvalue weighted by atomic mass is 15.4. The van der Waals surface area contributed by atoms with Crippen LogP contribution in [0.15, 0.2) is 18.2 Å². The molecule has 3 aliphatic rings. The number of nitrogens with zero attached hydrogens (tertiary/aromatic N) is 5. The van der Waals surface area contributed by atoms with Crippen LogP contribution in [-0.2, 0) is 13.1 Å². The Kier molecular flexibility index (Phi) is 3.40. The second-order valence-electron chi connectivity index (χ2n) is 8.05. The van der Waals surface area contributed by atoms with Crippen molar-refractivity contribution in [1.82, 2.24) is 25.0 Å². The molecule has 0 unspecified atom stereocenters. The van der Waals surface area contributed by atoms with Crippen LogP contribution in [0, 0.1) is 12.3 Å². The molecule has 2 aromatic rings. The van der Waals surface area contributed by atoms with Gasteiger partial charge in [-0.1, -0.05) is 24.6 Å². The van der Waals surface area contributed by atoms with Crippen molar-refractivity contribution in [2.75, 3.05) is 37.6 Å². The number of nitrogens with one attached hydrogen (secondary N) is 1.